The van der Waals surface area contributed by atoms with Gasteiger partial charge in [-0.2, -0.15) is 5.10 Å². The predicted molar refractivity (Wildman–Crippen MR) is 82.2 cm³/mol. The van der Waals surface area contributed by atoms with Crippen LogP contribution >= 0.6 is 0 Å². The van der Waals surface area contributed by atoms with Crippen LogP contribution in [0.3, 0.4) is 0 Å². The molecule has 3 rings (SSSR count). The van der Waals surface area contributed by atoms with Crippen LogP contribution in [0.25, 0.3) is 0 Å². The average molecular weight is 284 g/mol. The Kier molecular flexibility index (Phi) is 3.75. The lowest BCUT2D eigenvalue weighted by atomic mass is 10.2. The molecule has 1 aliphatic rings. The predicted octanol–water partition coefficient (Wildman–Crippen LogP) is 2.23. The van der Waals surface area contributed by atoms with Crippen molar-refractivity contribution >= 4 is 11.6 Å². The van der Waals surface area contributed by atoms with E-state index in [1.54, 1.807) is 10.9 Å². The number of anilines is 1. The third-order valence-electron chi connectivity index (χ3n) is 3.84. The third-order valence-corrected chi connectivity index (χ3v) is 3.84. The molecule has 0 aliphatic heterocycles. The number of aryl methyl sites for hydroxylation is 1. The van der Waals surface area contributed by atoms with Crippen molar-refractivity contribution in [3.8, 4) is 0 Å². The van der Waals surface area contributed by atoms with Gasteiger partial charge in [-0.15, -0.1) is 0 Å². The molecule has 1 heterocycles. The fourth-order valence-corrected chi connectivity index (χ4v) is 2.23. The molecule has 1 aliphatic carbocycles. The Morgan fingerprint density at radius 1 is 1.43 bits per heavy atom. The van der Waals surface area contributed by atoms with E-state index >= 15 is 0 Å². The summed E-state index contributed by atoms with van der Waals surface area (Å²) >= 11 is 0. The first-order valence-electron chi connectivity index (χ1n) is 7.26. The Hall–Kier alpha value is -2.14. The zero-order chi connectivity index (χ0) is 14.8. The lowest BCUT2D eigenvalue weighted by Crippen LogP contribution is -2.16. The maximum absolute atomic E-state index is 12.3. The molecule has 1 saturated carbocycles. The summed E-state index contributed by atoms with van der Waals surface area (Å²) in [6, 6.07) is 8.64. The van der Waals surface area contributed by atoms with E-state index in [4.69, 9.17) is 0 Å². The van der Waals surface area contributed by atoms with Gasteiger partial charge in [-0.25, -0.2) is 0 Å². The number of rotatable bonds is 5. The van der Waals surface area contributed by atoms with Crippen LogP contribution in [0.2, 0.25) is 0 Å². The van der Waals surface area contributed by atoms with Crippen molar-refractivity contribution in [2.75, 3.05) is 5.32 Å². The van der Waals surface area contributed by atoms with E-state index < -0.39 is 0 Å². The molecule has 0 unspecified atom stereocenters. The minimum Gasteiger partial charge on any atom is -0.322 e. The minimum atomic E-state index is -0.118. The van der Waals surface area contributed by atoms with Gasteiger partial charge in [-0.05, 0) is 37.5 Å². The van der Waals surface area contributed by atoms with Crippen LogP contribution in [0.4, 0.5) is 5.69 Å². The zero-order valence-corrected chi connectivity index (χ0v) is 12.4. The normalized spacial score (nSPS) is 14.2. The first-order chi connectivity index (χ1) is 10.1. The molecule has 5 nitrogen and oxygen atoms in total. The largest absolute Gasteiger partial charge is 0.322 e. The van der Waals surface area contributed by atoms with Gasteiger partial charge in [0, 0.05) is 31.0 Å². The summed E-state index contributed by atoms with van der Waals surface area (Å²) < 4.78 is 1.70. The first-order valence-corrected chi connectivity index (χ1v) is 7.26. The van der Waals surface area contributed by atoms with Gasteiger partial charge in [-0.3, -0.25) is 9.48 Å². The summed E-state index contributed by atoms with van der Waals surface area (Å²) in [7, 11) is 1.83. The Bertz CT molecular complexity index is 658. The second kappa shape index (κ2) is 5.69. The van der Waals surface area contributed by atoms with Crippen LogP contribution in [0, 0.1) is 6.92 Å². The molecule has 2 aromatic rings. The maximum atomic E-state index is 12.3. The van der Waals surface area contributed by atoms with E-state index in [0.717, 1.165) is 17.9 Å². The van der Waals surface area contributed by atoms with E-state index in [2.05, 4.69) is 21.8 Å². The molecular weight excluding hydrogens is 264 g/mol. The topological polar surface area (TPSA) is 59.0 Å². The summed E-state index contributed by atoms with van der Waals surface area (Å²) in [5.41, 5.74) is 3.47. The quantitative estimate of drug-likeness (QED) is 0.885. The Morgan fingerprint density at radius 2 is 2.24 bits per heavy atom. The van der Waals surface area contributed by atoms with Crippen LogP contribution in [0.5, 0.6) is 0 Å². The number of nitrogens with zero attached hydrogens (tertiary/aromatic N) is 2. The van der Waals surface area contributed by atoms with Gasteiger partial charge >= 0.3 is 0 Å². The number of aromatic nitrogens is 2. The smallest absolute Gasteiger partial charge is 0.259 e. The molecule has 110 valence electrons. The average Bonchev–Trinajstić information content (AvgIpc) is 3.24. The van der Waals surface area contributed by atoms with Gasteiger partial charge < -0.3 is 10.6 Å². The Labute approximate surface area is 124 Å². The lowest BCUT2D eigenvalue weighted by Gasteiger charge is -2.08. The SMILES string of the molecule is Cc1c(C(=O)Nc2cccc(CNC3CC3)c2)cnn1C. The second-order valence-corrected chi connectivity index (χ2v) is 5.58. The van der Waals surface area contributed by atoms with Gasteiger partial charge in [0.15, 0.2) is 0 Å². The zero-order valence-electron chi connectivity index (χ0n) is 12.4. The summed E-state index contributed by atoms with van der Waals surface area (Å²) in [6.45, 7) is 2.73. The Balaban J connectivity index is 1.67. The number of hydrogen-bond donors (Lipinski definition) is 2. The van der Waals surface area contributed by atoms with Crippen LogP contribution in [0.15, 0.2) is 30.5 Å². The van der Waals surface area contributed by atoms with E-state index in [1.807, 2.05) is 32.2 Å². The molecule has 0 atom stereocenters. The molecule has 1 amide bonds. The highest BCUT2D eigenvalue weighted by molar-refractivity contribution is 6.04. The summed E-state index contributed by atoms with van der Waals surface area (Å²) in [5, 5.41) is 10.5. The van der Waals surface area contributed by atoms with Crippen molar-refractivity contribution in [2.24, 2.45) is 7.05 Å². The highest BCUT2D eigenvalue weighted by Crippen LogP contribution is 2.20. The van der Waals surface area contributed by atoms with Gasteiger partial charge in [0.05, 0.1) is 11.8 Å². The maximum Gasteiger partial charge on any atom is 0.259 e. The summed E-state index contributed by atoms with van der Waals surface area (Å²) in [5.74, 6) is -0.118. The molecule has 0 saturated heterocycles. The molecule has 0 radical (unpaired) electrons. The highest BCUT2D eigenvalue weighted by atomic mass is 16.1. The molecular formula is C16H20N4O. The number of nitrogens with one attached hydrogen (secondary N) is 2. The third kappa shape index (κ3) is 3.31. The van der Waals surface area contributed by atoms with Crippen LogP contribution in [0.1, 0.15) is 34.5 Å². The Morgan fingerprint density at radius 3 is 2.90 bits per heavy atom. The molecule has 5 heteroatoms. The van der Waals surface area contributed by atoms with Crippen molar-refractivity contribution in [1.82, 2.24) is 15.1 Å². The van der Waals surface area contributed by atoms with Gasteiger partial charge in [0.1, 0.15) is 0 Å². The van der Waals surface area contributed by atoms with Crippen LogP contribution < -0.4 is 10.6 Å². The molecule has 1 fully saturated rings. The highest BCUT2D eigenvalue weighted by Gasteiger charge is 2.20. The lowest BCUT2D eigenvalue weighted by molar-refractivity contribution is 0.102. The van der Waals surface area contributed by atoms with Gasteiger partial charge in [0.25, 0.3) is 5.91 Å². The minimum absolute atomic E-state index is 0.118. The van der Waals surface area contributed by atoms with Crippen molar-refractivity contribution in [2.45, 2.75) is 32.4 Å². The molecule has 21 heavy (non-hydrogen) atoms. The molecule has 0 spiro atoms. The van der Waals surface area contributed by atoms with Crippen molar-refractivity contribution < 1.29 is 4.79 Å². The van der Waals surface area contributed by atoms with Crippen LogP contribution in [-0.4, -0.2) is 21.7 Å². The number of benzene rings is 1. The molecule has 1 aromatic heterocycles. The van der Waals surface area contributed by atoms with Gasteiger partial charge in [-0.1, -0.05) is 12.1 Å². The van der Waals surface area contributed by atoms with Crippen molar-refractivity contribution in [3.05, 3.63) is 47.3 Å². The monoisotopic (exact) mass is 284 g/mol. The summed E-state index contributed by atoms with van der Waals surface area (Å²) in [6.07, 6.45) is 4.15. The fourth-order valence-electron chi connectivity index (χ4n) is 2.23. The standard InChI is InChI=1S/C16H20N4O/c1-11-15(10-18-20(11)2)16(21)19-14-5-3-4-12(8-14)9-17-13-6-7-13/h3-5,8,10,13,17H,6-7,9H2,1-2H3,(H,19,21). The van der Waals surface area contributed by atoms with E-state index in [1.165, 1.54) is 18.4 Å². The number of amides is 1. The first kappa shape index (κ1) is 13.8. The second-order valence-electron chi connectivity index (χ2n) is 5.58. The van der Waals surface area contributed by atoms with E-state index in [0.29, 0.717) is 11.6 Å². The van der Waals surface area contributed by atoms with Crippen molar-refractivity contribution in [3.63, 3.8) is 0 Å². The van der Waals surface area contributed by atoms with Crippen LogP contribution in [-0.2, 0) is 13.6 Å². The molecule has 0 bridgehead atoms. The van der Waals surface area contributed by atoms with Crippen molar-refractivity contribution in [1.29, 1.82) is 0 Å². The number of carbonyl (C=O) groups excluding carboxylic acids is 1. The number of hydrogen-bond acceptors (Lipinski definition) is 3. The molecule has 2 N–H and O–H groups in total. The molecule has 1 aromatic carbocycles. The van der Waals surface area contributed by atoms with Gasteiger partial charge in [0.2, 0.25) is 0 Å². The van der Waals surface area contributed by atoms with E-state index in [-0.39, 0.29) is 5.91 Å². The summed E-state index contributed by atoms with van der Waals surface area (Å²) in [4.78, 5) is 12.3. The number of carbonyl (C=O) groups is 1. The fraction of sp³-hybridized carbons (Fsp3) is 0.375. The van der Waals surface area contributed by atoms with E-state index in [9.17, 15) is 4.79 Å².